The Balaban J connectivity index is 1.41. The van der Waals surface area contributed by atoms with E-state index in [-0.39, 0.29) is 6.04 Å². The number of benzene rings is 1. The highest BCUT2D eigenvalue weighted by Crippen LogP contribution is 2.37. The Bertz CT molecular complexity index is 954. The van der Waals surface area contributed by atoms with Crippen molar-refractivity contribution in [2.45, 2.75) is 24.6 Å². The summed E-state index contributed by atoms with van der Waals surface area (Å²) >= 11 is 0. The lowest BCUT2D eigenvalue weighted by molar-refractivity contribution is -0.119. The molecule has 2 N–H and O–H groups in total. The number of nitrogens with one attached hydrogen (secondary N) is 1. The molecule has 6 heteroatoms. The number of piperidine rings is 1. The Morgan fingerprint density at radius 2 is 1.93 bits per heavy atom. The van der Waals surface area contributed by atoms with E-state index in [0.29, 0.717) is 0 Å². The quantitative estimate of drug-likeness (QED) is 0.714. The van der Waals surface area contributed by atoms with Crippen molar-refractivity contribution in [2.75, 3.05) is 39.4 Å². The predicted octanol–water partition coefficient (Wildman–Crippen LogP) is 2.36. The molecule has 4 heterocycles. The van der Waals surface area contributed by atoms with E-state index < -0.39 is 5.60 Å². The van der Waals surface area contributed by atoms with Crippen molar-refractivity contribution < 1.29 is 9.84 Å². The van der Waals surface area contributed by atoms with Gasteiger partial charge < -0.3 is 14.8 Å². The van der Waals surface area contributed by atoms with E-state index in [1.807, 2.05) is 30.5 Å². The second kappa shape index (κ2) is 7.88. The summed E-state index contributed by atoms with van der Waals surface area (Å²) < 4.78 is 5.58. The minimum atomic E-state index is -0.836. The fourth-order valence-electron chi connectivity index (χ4n) is 4.88. The first-order chi connectivity index (χ1) is 14.2. The molecule has 2 saturated heterocycles. The van der Waals surface area contributed by atoms with Crippen LogP contribution in [0.5, 0.6) is 0 Å². The molecule has 0 bridgehead atoms. The Morgan fingerprint density at radius 1 is 1.10 bits per heavy atom. The summed E-state index contributed by atoms with van der Waals surface area (Å²) in [4.78, 5) is 12.6. The Labute approximate surface area is 171 Å². The standard InChI is InChI=1S/C23H28N4O2/c28-23(19-5-2-1-3-6-19)8-10-26(17-21(23)27-11-13-29-14-12-27)16-18-15-25-22-20(18)7-4-9-24-22/h1-7,9,15,21,28H,8,10-14,16-17H2,(H,24,25)/t21-,23+/m1/s1. The van der Waals surface area contributed by atoms with Crippen molar-refractivity contribution in [3.63, 3.8) is 0 Å². The summed E-state index contributed by atoms with van der Waals surface area (Å²) in [6.45, 7) is 5.75. The van der Waals surface area contributed by atoms with E-state index in [4.69, 9.17) is 4.74 Å². The molecule has 0 spiro atoms. The minimum absolute atomic E-state index is 0.0471. The van der Waals surface area contributed by atoms with Crippen LogP contribution in [-0.2, 0) is 16.9 Å². The van der Waals surface area contributed by atoms with Gasteiger partial charge in [-0.25, -0.2) is 4.98 Å². The van der Waals surface area contributed by atoms with Gasteiger partial charge in [0.1, 0.15) is 11.2 Å². The maximum Gasteiger partial charge on any atom is 0.137 e. The van der Waals surface area contributed by atoms with E-state index in [9.17, 15) is 5.11 Å². The van der Waals surface area contributed by atoms with Crippen molar-refractivity contribution in [2.24, 2.45) is 0 Å². The van der Waals surface area contributed by atoms with Crippen molar-refractivity contribution in [3.05, 3.63) is 66.0 Å². The molecule has 2 aliphatic rings. The first kappa shape index (κ1) is 18.8. The number of likely N-dealkylation sites (tertiary alicyclic amines) is 1. The molecule has 1 aromatic carbocycles. The minimum Gasteiger partial charge on any atom is -0.383 e. The summed E-state index contributed by atoms with van der Waals surface area (Å²) in [5, 5.41) is 13.0. The number of aromatic amines is 1. The predicted molar refractivity (Wildman–Crippen MR) is 113 cm³/mol. The van der Waals surface area contributed by atoms with Gasteiger partial charge in [-0.2, -0.15) is 0 Å². The molecule has 2 fully saturated rings. The van der Waals surface area contributed by atoms with Gasteiger partial charge in [-0.3, -0.25) is 9.80 Å². The van der Waals surface area contributed by atoms with E-state index in [1.54, 1.807) is 0 Å². The summed E-state index contributed by atoms with van der Waals surface area (Å²) in [6.07, 6.45) is 4.61. The fourth-order valence-corrected chi connectivity index (χ4v) is 4.88. The average molecular weight is 393 g/mol. The Morgan fingerprint density at radius 3 is 2.76 bits per heavy atom. The molecule has 6 nitrogen and oxygen atoms in total. The highest BCUT2D eigenvalue weighted by Gasteiger charge is 2.46. The van der Waals surface area contributed by atoms with Crippen LogP contribution in [0.2, 0.25) is 0 Å². The monoisotopic (exact) mass is 392 g/mol. The number of H-pyrrole nitrogens is 1. The van der Waals surface area contributed by atoms with Gasteiger partial charge >= 0.3 is 0 Å². The number of aliphatic hydroxyl groups is 1. The molecule has 5 rings (SSSR count). The summed E-state index contributed by atoms with van der Waals surface area (Å²) in [6, 6.07) is 14.3. The molecule has 0 aliphatic carbocycles. The lowest BCUT2D eigenvalue weighted by atomic mass is 9.79. The summed E-state index contributed by atoms with van der Waals surface area (Å²) in [5.41, 5.74) is 2.38. The van der Waals surface area contributed by atoms with Crippen LogP contribution >= 0.6 is 0 Å². The molecule has 2 aliphatic heterocycles. The van der Waals surface area contributed by atoms with Gasteiger partial charge in [0, 0.05) is 50.5 Å². The van der Waals surface area contributed by atoms with Crippen LogP contribution in [0, 0.1) is 0 Å². The second-order valence-electron chi connectivity index (χ2n) is 8.15. The fraction of sp³-hybridized carbons (Fsp3) is 0.435. The maximum absolute atomic E-state index is 11.8. The van der Waals surface area contributed by atoms with Gasteiger partial charge in [0.2, 0.25) is 0 Å². The number of hydrogen-bond donors (Lipinski definition) is 2. The van der Waals surface area contributed by atoms with Crippen LogP contribution in [0.15, 0.2) is 54.9 Å². The average Bonchev–Trinajstić information content (AvgIpc) is 3.19. The van der Waals surface area contributed by atoms with Crippen LogP contribution in [0.3, 0.4) is 0 Å². The Kier molecular flexibility index (Phi) is 5.09. The lowest BCUT2D eigenvalue weighted by Gasteiger charge is -2.50. The first-order valence-corrected chi connectivity index (χ1v) is 10.5. The Hall–Kier alpha value is -2.25. The van der Waals surface area contributed by atoms with Crippen molar-refractivity contribution in [1.29, 1.82) is 0 Å². The van der Waals surface area contributed by atoms with Gasteiger partial charge in [-0.05, 0) is 29.7 Å². The first-order valence-electron chi connectivity index (χ1n) is 10.5. The largest absolute Gasteiger partial charge is 0.383 e. The third-order valence-electron chi connectivity index (χ3n) is 6.48. The number of pyridine rings is 1. The van der Waals surface area contributed by atoms with Gasteiger partial charge in [-0.15, -0.1) is 0 Å². The molecule has 0 radical (unpaired) electrons. The van der Waals surface area contributed by atoms with E-state index >= 15 is 0 Å². The van der Waals surface area contributed by atoms with Gasteiger partial charge in [-0.1, -0.05) is 30.3 Å². The van der Waals surface area contributed by atoms with E-state index in [1.165, 1.54) is 10.9 Å². The smallest absolute Gasteiger partial charge is 0.137 e. The third kappa shape index (κ3) is 3.57. The normalized spacial score (nSPS) is 26.7. The molecule has 2 atom stereocenters. The van der Waals surface area contributed by atoms with Crippen LogP contribution in [0.1, 0.15) is 17.5 Å². The highest BCUT2D eigenvalue weighted by atomic mass is 16.5. The lowest BCUT2D eigenvalue weighted by Crippen LogP contribution is -2.62. The van der Waals surface area contributed by atoms with Crippen molar-refractivity contribution in [3.8, 4) is 0 Å². The van der Waals surface area contributed by atoms with Gasteiger partial charge in [0.25, 0.3) is 0 Å². The molecule has 3 aromatic rings. The molecule has 29 heavy (non-hydrogen) atoms. The maximum atomic E-state index is 11.8. The molecular formula is C23H28N4O2. The van der Waals surface area contributed by atoms with Gasteiger partial charge in [0.05, 0.1) is 19.3 Å². The number of ether oxygens (including phenoxy) is 1. The number of rotatable bonds is 4. The van der Waals surface area contributed by atoms with Crippen LogP contribution < -0.4 is 0 Å². The molecule has 0 amide bonds. The second-order valence-corrected chi connectivity index (χ2v) is 8.15. The zero-order valence-corrected chi connectivity index (χ0v) is 16.6. The molecule has 152 valence electrons. The number of hydrogen-bond acceptors (Lipinski definition) is 5. The number of fused-ring (bicyclic) bond motifs is 1. The van der Waals surface area contributed by atoms with Crippen molar-refractivity contribution in [1.82, 2.24) is 19.8 Å². The van der Waals surface area contributed by atoms with Crippen LogP contribution in [0.4, 0.5) is 0 Å². The number of aromatic nitrogens is 2. The molecule has 0 saturated carbocycles. The molecule has 0 unspecified atom stereocenters. The summed E-state index contributed by atoms with van der Waals surface area (Å²) in [5.74, 6) is 0. The number of nitrogens with zero attached hydrogens (tertiary/aromatic N) is 3. The van der Waals surface area contributed by atoms with Crippen LogP contribution in [0.25, 0.3) is 11.0 Å². The van der Waals surface area contributed by atoms with E-state index in [0.717, 1.165) is 63.6 Å². The zero-order chi connectivity index (χ0) is 19.7. The third-order valence-corrected chi connectivity index (χ3v) is 6.48. The number of morpholine rings is 1. The molecular weight excluding hydrogens is 364 g/mol. The zero-order valence-electron chi connectivity index (χ0n) is 16.6. The molecule has 2 aromatic heterocycles. The van der Waals surface area contributed by atoms with Gasteiger partial charge in [0.15, 0.2) is 0 Å². The highest BCUT2D eigenvalue weighted by molar-refractivity contribution is 5.79. The van der Waals surface area contributed by atoms with E-state index in [2.05, 4.69) is 44.2 Å². The summed E-state index contributed by atoms with van der Waals surface area (Å²) in [7, 11) is 0. The van der Waals surface area contributed by atoms with Crippen LogP contribution in [-0.4, -0.2) is 70.3 Å². The topological polar surface area (TPSA) is 64.6 Å². The van der Waals surface area contributed by atoms with Crippen molar-refractivity contribution >= 4 is 11.0 Å². The SMILES string of the molecule is O[C@]1(c2ccccc2)CCN(Cc2c[nH]c3ncccc23)C[C@H]1N1CCOCC1.